The van der Waals surface area contributed by atoms with Crippen molar-refractivity contribution in [3.8, 4) is 17.2 Å². The van der Waals surface area contributed by atoms with Crippen LogP contribution >= 0.6 is 11.3 Å². The number of ether oxygens (including phenoxy) is 3. The highest BCUT2D eigenvalue weighted by molar-refractivity contribution is 7.12. The minimum atomic E-state index is -0.166. The minimum Gasteiger partial charge on any atom is -0.497 e. The van der Waals surface area contributed by atoms with Crippen molar-refractivity contribution in [2.45, 2.75) is 13.1 Å². The Hall–Kier alpha value is -3.52. The molecule has 7 nitrogen and oxygen atoms in total. The fraction of sp³-hybridized carbons (Fsp3) is 0.217. The maximum atomic E-state index is 12.7. The van der Waals surface area contributed by atoms with Crippen LogP contribution in [0.1, 0.15) is 20.8 Å². The molecular weight excluding hydrogens is 416 g/mol. The summed E-state index contributed by atoms with van der Waals surface area (Å²) in [4.78, 5) is 27.4. The number of benzene rings is 2. The Labute approximate surface area is 184 Å². The zero-order chi connectivity index (χ0) is 21.8. The molecule has 4 rings (SSSR count). The Morgan fingerprint density at radius 3 is 2.77 bits per heavy atom. The molecule has 1 aliphatic rings. The SMILES string of the molecule is COc1ccc(CN2Cc3cc(NC(=O)c4cccs4)ccc3OCC2=O)c(OC)c1. The number of methoxy groups -OCH3 is 2. The molecule has 0 radical (unpaired) electrons. The molecule has 0 unspecified atom stereocenters. The average Bonchev–Trinajstić information content (AvgIpc) is 3.28. The van der Waals surface area contributed by atoms with Crippen molar-refractivity contribution in [3.63, 3.8) is 0 Å². The smallest absolute Gasteiger partial charge is 0.265 e. The topological polar surface area (TPSA) is 77.1 Å². The Morgan fingerprint density at radius 1 is 1.16 bits per heavy atom. The molecule has 0 aliphatic carbocycles. The largest absolute Gasteiger partial charge is 0.497 e. The van der Waals surface area contributed by atoms with Crippen molar-refractivity contribution >= 4 is 28.8 Å². The van der Waals surface area contributed by atoms with Gasteiger partial charge in [-0.25, -0.2) is 0 Å². The second-order valence-electron chi connectivity index (χ2n) is 6.97. The lowest BCUT2D eigenvalue weighted by Gasteiger charge is -2.22. The fourth-order valence-corrected chi connectivity index (χ4v) is 4.00. The number of hydrogen-bond acceptors (Lipinski definition) is 6. The molecule has 0 saturated heterocycles. The van der Waals surface area contributed by atoms with Crippen LogP contribution in [-0.4, -0.2) is 37.5 Å². The zero-order valence-corrected chi connectivity index (χ0v) is 18.0. The fourth-order valence-electron chi connectivity index (χ4n) is 3.38. The molecule has 0 spiro atoms. The van der Waals surface area contributed by atoms with Gasteiger partial charge in [0.15, 0.2) is 6.61 Å². The van der Waals surface area contributed by atoms with Gasteiger partial charge in [-0.05, 0) is 41.8 Å². The molecule has 1 N–H and O–H groups in total. The van der Waals surface area contributed by atoms with Gasteiger partial charge in [0, 0.05) is 36.0 Å². The van der Waals surface area contributed by atoms with Crippen LogP contribution in [-0.2, 0) is 17.9 Å². The van der Waals surface area contributed by atoms with Gasteiger partial charge in [-0.2, -0.15) is 0 Å². The van der Waals surface area contributed by atoms with Crippen LogP contribution in [0.4, 0.5) is 5.69 Å². The molecule has 2 amide bonds. The number of nitrogens with zero attached hydrogens (tertiary/aromatic N) is 1. The second kappa shape index (κ2) is 9.09. The highest BCUT2D eigenvalue weighted by Gasteiger charge is 2.23. The van der Waals surface area contributed by atoms with Crippen LogP contribution in [0.5, 0.6) is 17.2 Å². The summed E-state index contributed by atoms with van der Waals surface area (Å²) in [5, 5.41) is 4.76. The van der Waals surface area contributed by atoms with E-state index in [1.807, 2.05) is 29.6 Å². The summed E-state index contributed by atoms with van der Waals surface area (Å²) in [5.74, 6) is 1.67. The summed E-state index contributed by atoms with van der Waals surface area (Å²) in [7, 11) is 3.18. The lowest BCUT2D eigenvalue weighted by Crippen LogP contribution is -2.32. The Morgan fingerprint density at radius 2 is 2.03 bits per heavy atom. The van der Waals surface area contributed by atoms with Crippen LogP contribution < -0.4 is 19.5 Å². The Bertz CT molecular complexity index is 1100. The van der Waals surface area contributed by atoms with E-state index in [0.29, 0.717) is 40.9 Å². The van der Waals surface area contributed by atoms with Gasteiger partial charge in [0.2, 0.25) is 0 Å². The van der Waals surface area contributed by atoms with E-state index >= 15 is 0 Å². The number of thiophene rings is 1. The van der Waals surface area contributed by atoms with E-state index in [2.05, 4.69) is 5.32 Å². The number of carbonyl (C=O) groups excluding carboxylic acids is 2. The summed E-state index contributed by atoms with van der Waals surface area (Å²) >= 11 is 1.38. The van der Waals surface area contributed by atoms with Crippen molar-refractivity contribution in [1.82, 2.24) is 4.90 Å². The number of hydrogen-bond donors (Lipinski definition) is 1. The summed E-state index contributed by atoms with van der Waals surface area (Å²) in [6, 6.07) is 14.5. The van der Waals surface area contributed by atoms with Gasteiger partial charge < -0.3 is 24.4 Å². The number of amides is 2. The molecule has 160 valence electrons. The molecular formula is C23H22N2O5S. The zero-order valence-electron chi connectivity index (χ0n) is 17.2. The van der Waals surface area contributed by atoms with Crippen LogP contribution in [0, 0.1) is 0 Å². The normalized spacial score (nSPS) is 13.1. The van der Waals surface area contributed by atoms with Crippen molar-refractivity contribution in [1.29, 1.82) is 0 Å². The average molecular weight is 439 g/mol. The van der Waals surface area contributed by atoms with Crippen LogP contribution in [0.25, 0.3) is 0 Å². The van der Waals surface area contributed by atoms with Crippen molar-refractivity contribution in [2.24, 2.45) is 0 Å². The Kier molecular flexibility index (Phi) is 6.08. The highest BCUT2D eigenvalue weighted by Crippen LogP contribution is 2.30. The first-order chi connectivity index (χ1) is 15.1. The lowest BCUT2D eigenvalue weighted by atomic mass is 10.1. The molecule has 2 aromatic carbocycles. The van der Waals surface area contributed by atoms with E-state index in [9.17, 15) is 9.59 Å². The molecule has 3 aromatic rings. The summed E-state index contributed by atoms with van der Waals surface area (Å²) in [6.07, 6.45) is 0. The predicted molar refractivity (Wildman–Crippen MR) is 118 cm³/mol. The molecule has 1 aliphatic heterocycles. The molecule has 1 aromatic heterocycles. The predicted octanol–water partition coefficient (Wildman–Crippen LogP) is 3.94. The first kappa shape index (κ1) is 20.7. The third kappa shape index (κ3) is 4.64. The number of fused-ring (bicyclic) bond motifs is 1. The number of anilines is 1. The molecule has 31 heavy (non-hydrogen) atoms. The molecule has 0 atom stereocenters. The second-order valence-corrected chi connectivity index (χ2v) is 7.92. The van der Waals surface area contributed by atoms with Gasteiger partial charge in [-0.15, -0.1) is 11.3 Å². The van der Waals surface area contributed by atoms with Gasteiger partial charge >= 0.3 is 0 Å². The van der Waals surface area contributed by atoms with Gasteiger partial charge in [0.25, 0.3) is 11.8 Å². The van der Waals surface area contributed by atoms with Gasteiger partial charge in [0.1, 0.15) is 17.2 Å². The van der Waals surface area contributed by atoms with E-state index in [1.54, 1.807) is 43.4 Å². The monoisotopic (exact) mass is 438 g/mol. The maximum absolute atomic E-state index is 12.7. The standard InChI is InChI=1S/C23H22N2O5S/c1-28-18-7-5-15(20(11-18)29-2)12-25-13-16-10-17(6-8-19(16)30-14-22(25)26)24-23(27)21-4-3-9-31-21/h3-11H,12-14H2,1-2H3,(H,24,27). The number of nitrogens with one attached hydrogen (secondary N) is 1. The number of carbonyl (C=O) groups is 2. The van der Waals surface area contributed by atoms with Crippen molar-refractivity contribution in [2.75, 3.05) is 26.1 Å². The molecule has 0 fully saturated rings. The van der Waals surface area contributed by atoms with E-state index in [4.69, 9.17) is 14.2 Å². The summed E-state index contributed by atoms with van der Waals surface area (Å²) < 4.78 is 16.4. The van der Waals surface area contributed by atoms with E-state index in [1.165, 1.54) is 11.3 Å². The number of rotatable bonds is 6. The summed E-state index contributed by atoms with van der Waals surface area (Å²) in [5.41, 5.74) is 2.33. The summed E-state index contributed by atoms with van der Waals surface area (Å²) in [6.45, 7) is 0.666. The third-order valence-electron chi connectivity index (χ3n) is 4.98. The maximum Gasteiger partial charge on any atom is 0.265 e. The lowest BCUT2D eigenvalue weighted by molar-refractivity contribution is -0.133. The van der Waals surface area contributed by atoms with Crippen LogP contribution in [0.2, 0.25) is 0 Å². The highest BCUT2D eigenvalue weighted by atomic mass is 32.1. The quantitative estimate of drug-likeness (QED) is 0.631. The van der Waals surface area contributed by atoms with Crippen molar-refractivity contribution in [3.05, 3.63) is 69.9 Å². The first-order valence-corrected chi connectivity index (χ1v) is 10.5. The molecule has 2 heterocycles. The van der Waals surface area contributed by atoms with Gasteiger partial charge in [-0.3, -0.25) is 9.59 Å². The van der Waals surface area contributed by atoms with E-state index in [0.717, 1.165) is 11.1 Å². The minimum absolute atomic E-state index is 0.0492. The first-order valence-electron chi connectivity index (χ1n) is 9.66. The molecule has 0 saturated carbocycles. The van der Waals surface area contributed by atoms with E-state index < -0.39 is 0 Å². The van der Waals surface area contributed by atoms with E-state index in [-0.39, 0.29) is 18.4 Å². The molecule has 8 heteroatoms. The van der Waals surface area contributed by atoms with Crippen molar-refractivity contribution < 1.29 is 23.8 Å². The molecule has 0 bridgehead atoms. The van der Waals surface area contributed by atoms with Gasteiger partial charge in [0.05, 0.1) is 19.1 Å². The van der Waals surface area contributed by atoms with Gasteiger partial charge in [-0.1, -0.05) is 6.07 Å². The third-order valence-corrected chi connectivity index (χ3v) is 5.85. The van der Waals surface area contributed by atoms with Crippen LogP contribution in [0.3, 0.4) is 0 Å². The Balaban J connectivity index is 1.55. The van der Waals surface area contributed by atoms with Crippen LogP contribution in [0.15, 0.2) is 53.9 Å².